The minimum Gasteiger partial charge on any atom is -0.369 e. The van der Waals surface area contributed by atoms with Crippen molar-refractivity contribution in [2.75, 3.05) is 18.0 Å². The van der Waals surface area contributed by atoms with E-state index >= 15 is 0 Å². The van der Waals surface area contributed by atoms with Crippen molar-refractivity contribution in [3.63, 3.8) is 0 Å². The molecule has 0 aromatic heterocycles. The third-order valence-electron chi connectivity index (χ3n) is 5.87. The van der Waals surface area contributed by atoms with Crippen molar-refractivity contribution in [1.82, 2.24) is 4.31 Å². The van der Waals surface area contributed by atoms with Gasteiger partial charge in [0.2, 0.25) is 5.96 Å². The summed E-state index contributed by atoms with van der Waals surface area (Å²) in [5, 5.41) is 0. The highest BCUT2D eigenvalue weighted by Gasteiger charge is 2.35. The van der Waals surface area contributed by atoms with Crippen LogP contribution in [0.5, 0.6) is 0 Å². The molecule has 0 bridgehead atoms. The summed E-state index contributed by atoms with van der Waals surface area (Å²) in [7, 11) is -3.87. The van der Waals surface area contributed by atoms with Crippen LogP contribution in [0.4, 0.5) is 5.69 Å². The molecular formula is C24H22N4O3S. The van der Waals surface area contributed by atoms with E-state index in [0.717, 1.165) is 21.1 Å². The Morgan fingerprint density at radius 2 is 1.66 bits per heavy atom. The van der Waals surface area contributed by atoms with Gasteiger partial charge in [0.05, 0.1) is 17.5 Å². The lowest BCUT2D eigenvalue weighted by Crippen LogP contribution is -2.39. The summed E-state index contributed by atoms with van der Waals surface area (Å²) in [6.07, 6.45) is 0.591. The molecule has 32 heavy (non-hydrogen) atoms. The molecule has 7 nitrogen and oxygen atoms in total. The van der Waals surface area contributed by atoms with E-state index in [-0.39, 0.29) is 29.3 Å². The quantitative estimate of drug-likeness (QED) is 0.666. The number of sulfonamides is 1. The summed E-state index contributed by atoms with van der Waals surface area (Å²) in [4.78, 5) is 19.1. The molecule has 2 aliphatic rings. The fourth-order valence-electron chi connectivity index (χ4n) is 4.21. The van der Waals surface area contributed by atoms with E-state index in [1.165, 1.54) is 6.07 Å². The van der Waals surface area contributed by atoms with Gasteiger partial charge in [-0.3, -0.25) is 4.79 Å². The van der Waals surface area contributed by atoms with E-state index in [4.69, 9.17) is 5.73 Å². The van der Waals surface area contributed by atoms with Gasteiger partial charge in [-0.15, -0.1) is 0 Å². The highest BCUT2D eigenvalue weighted by Crippen LogP contribution is 2.34. The van der Waals surface area contributed by atoms with Crippen LogP contribution < -0.4 is 10.6 Å². The van der Waals surface area contributed by atoms with Gasteiger partial charge in [0.25, 0.3) is 15.9 Å². The second-order valence-electron chi connectivity index (χ2n) is 7.81. The molecule has 0 aliphatic carbocycles. The second-order valence-corrected chi connectivity index (χ2v) is 9.68. The first-order valence-electron chi connectivity index (χ1n) is 10.4. The van der Waals surface area contributed by atoms with Crippen molar-refractivity contribution in [1.29, 1.82) is 0 Å². The summed E-state index contributed by atoms with van der Waals surface area (Å²) in [6, 6.07) is 23.1. The minimum absolute atomic E-state index is 0.0137. The maximum atomic E-state index is 13.3. The Labute approximate surface area is 186 Å². The first kappa shape index (κ1) is 20.3. The number of carbonyl (C=O) groups excluding carboxylic acids is 1. The van der Waals surface area contributed by atoms with Gasteiger partial charge in [0.1, 0.15) is 0 Å². The first-order valence-corrected chi connectivity index (χ1v) is 11.8. The number of fused-ring (bicyclic) bond motifs is 1. The van der Waals surface area contributed by atoms with Crippen molar-refractivity contribution in [2.24, 2.45) is 10.7 Å². The van der Waals surface area contributed by atoms with E-state index in [2.05, 4.69) is 4.99 Å². The van der Waals surface area contributed by atoms with Crippen LogP contribution in [-0.4, -0.2) is 37.7 Å². The number of guanidine groups is 1. The summed E-state index contributed by atoms with van der Waals surface area (Å²) >= 11 is 0. The molecule has 0 fully saturated rings. The van der Waals surface area contributed by atoms with E-state index in [1.807, 2.05) is 48.5 Å². The Balaban J connectivity index is 1.41. The topological polar surface area (TPSA) is 96.1 Å². The number of aliphatic imine (C=N–C) groups is 1. The first-order chi connectivity index (χ1) is 15.4. The second kappa shape index (κ2) is 7.80. The van der Waals surface area contributed by atoms with Gasteiger partial charge in [0, 0.05) is 17.8 Å². The molecule has 162 valence electrons. The standard InChI is InChI=1S/C24H22N4O3S/c25-24-26-21(17-7-3-1-4-8-17)16-28(24)32(30,31)20-11-12-22-19(15-20)13-14-27(22)23(29)18-9-5-2-6-10-18/h1-12,15,21H,13-14,16H2,(H2,25,26)/t21-/m1/s1. The van der Waals surface area contributed by atoms with Crippen molar-refractivity contribution in [2.45, 2.75) is 17.4 Å². The van der Waals surface area contributed by atoms with Gasteiger partial charge in [-0.1, -0.05) is 48.5 Å². The number of carbonyl (C=O) groups is 1. The molecule has 0 radical (unpaired) electrons. The summed E-state index contributed by atoms with van der Waals surface area (Å²) in [6.45, 7) is 0.670. The van der Waals surface area contributed by atoms with Crippen LogP contribution in [0, 0.1) is 0 Å². The zero-order chi connectivity index (χ0) is 22.3. The number of benzene rings is 3. The molecule has 1 amide bonds. The van der Waals surface area contributed by atoms with Gasteiger partial charge in [-0.05, 0) is 47.9 Å². The molecule has 0 saturated heterocycles. The predicted octanol–water partition coefficient (Wildman–Crippen LogP) is 2.95. The van der Waals surface area contributed by atoms with Gasteiger partial charge in [0.15, 0.2) is 0 Å². The van der Waals surface area contributed by atoms with Crippen LogP contribution in [0.15, 0.2) is 88.8 Å². The summed E-state index contributed by atoms with van der Waals surface area (Å²) in [5.74, 6) is -0.109. The molecule has 1 atom stereocenters. The van der Waals surface area contributed by atoms with Crippen molar-refractivity contribution >= 4 is 27.6 Å². The summed E-state index contributed by atoms with van der Waals surface area (Å²) in [5.41, 5.74) is 9.09. The lowest BCUT2D eigenvalue weighted by atomic mass is 10.1. The third-order valence-corrected chi connectivity index (χ3v) is 7.63. The molecule has 2 aliphatic heterocycles. The molecule has 8 heteroatoms. The van der Waals surface area contributed by atoms with Crippen molar-refractivity contribution in [3.05, 3.63) is 95.6 Å². The number of rotatable bonds is 4. The Kier molecular flexibility index (Phi) is 4.94. The van der Waals surface area contributed by atoms with E-state index in [1.54, 1.807) is 29.2 Å². The summed E-state index contributed by atoms with van der Waals surface area (Å²) < 4.78 is 27.8. The highest BCUT2D eigenvalue weighted by atomic mass is 32.2. The molecule has 5 rings (SSSR count). The molecule has 0 spiro atoms. The molecule has 3 aromatic rings. The number of nitrogens with two attached hydrogens (primary N) is 1. The maximum absolute atomic E-state index is 13.3. The lowest BCUT2D eigenvalue weighted by molar-refractivity contribution is 0.0989. The van der Waals surface area contributed by atoms with Gasteiger partial charge >= 0.3 is 0 Å². The lowest BCUT2D eigenvalue weighted by Gasteiger charge is -2.20. The van der Waals surface area contributed by atoms with E-state index in [9.17, 15) is 13.2 Å². The molecule has 3 aromatic carbocycles. The maximum Gasteiger partial charge on any atom is 0.266 e. The fraction of sp³-hybridized carbons (Fsp3) is 0.167. The van der Waals surface area contributed by atoms with Crippen LogP contribution in [0.2, 0.25) is 0 Å². The largest absolute Gasteiger partial charge is 0.369 e. The van der Waals surface area contributed by atoms with Crippen LogP contribution >= 0.6 is 0 Å². The Bertz CT molecular complexity index is 1310. The predicted molar refractivity (Wildman–Crippen MR) is 123 cm³/mol. The molecule has 2 N–H and O–H groups in total. The Morgan fingerprint density at radius 3 is 2.38 bits per heavy atom. The Morgan fingerprint density at radius 1 is 0.969 bits per heavy atom. The zero-order valence-corrected chi connectivity index (χ0v) is 18.1. The van der Waals surface area contributed by atoms with Gasteiger partial charge in [-0.2, -0.15) is 0 Å². The normalized spacial score (nSPS) is 17.9. The van der Waals surface area contributed by atoms with Crippen LogP contribution in [0.1, 0.15) is 27.5 Å². The molecule has 0 unspecified atom stereocenters. The SMILES string of the molecule is NC1=N[C@@H](c2ccccc2)CN1S(=O)(=O)c1ccc2c(c1)CCN2C(=O)c1ccccc1. The molecule has 2 heterocycles. The number of anilines is 1. The Hall–Kier alpha value is -3.65. The molecule has 0 saturated carbocycles. The van der Waals surface area contributed by atoms with Gasteiger partial charge in [-0.25, -0.2) is 17.7 Å². The average molecular weight is 447 g/mol. The van der Waals surface area contributed by atoms with E-state index < -0.39 is 10.0 Å². The number of amides is 1. The third kappa shape index (κ3) is 3.42. The highest BCUT2D eigenvalue weighted by molar-refractivity contribution is 7.89. The molecular weight excluding hydrogens is 424 g/mol. The number of hydrogen-bond acceptors (Lipinski definition) is 5. The number of hydrogen-bond donors (Lipinski definition) is 1. The van der Waals surface area contributed by atoms with Crippen LogP contribution in [-0.2, 0) is 16.4 Å². The monoisotopic (exact) mass is 446 g/mol. The number of nitrogens with zero attached hydrogens (tertiary/aromatic N) is 3. The zero-order valence-electron chi connectivity index (χ0n) is 17.3. The van der Waals surface area contributed by atoms with Crippen LogP contribution in [0.3, 0.4) is 0 Å². The fourth-order valence-corrected chi connectivity index (χ4v) is 5.62. The van der Waals surface area contributed by atoms with Crippen LogP contribution in [0.25, 0.3) is 0 Å². The van der Waals surface area contributed by atoms with Crippen molar-refractivity contribution in [3.8, 4) is 0 Å². The smallest absolute Gasteiger partial charge is 0.266 e. The average Bonchev–Trinajstić information content (AvgIpc) is 3.43. The minimum atomic E-state index is -3.87. The van der Waals surface area contributed by atoms with Gasteiger partial charge < -0.3 is 10.6 Å². The van der Waals surface area contributed by atoms with Crippen molar-refractivity contribution < 1.29 is 13.2 Å². The van der Waals surface area contributed by atoms with E-state index in [0.29, 0.717) is 18.5 Å².